The van der Waals surface area contributed by atoms with E-state index in [-0.39, 0.29) is 18.9 Å². The number of benzene rings is 2. The summed E-state index contributed by atoms with van der Waals surface area (Å²) >= 11 is 0. The van der Waals surface area contributed by atoms with Crippen molar-refractivity contribution in [2.75, 3.05) is 30.3 Å². The van der Waals surface area contributed by atoms with Crippen LogP contribution in [0.2, 0.25) is 0 Å². The molecule has 0 atom stereocenters. The summed E-state index contributed by atoms with van der Waals surface area (Å²) in [5.41, 5.74) is 3.07. The Kier molecular flexibility index (Phi) is 9.17. The third kappa shape index (κ3) is 8.06. The van der Waals surface area contributed by atoms with Gasteiger partial charge in [0.1, 0.15) is 5.75 Å². The molecule has 0 saturated carbocycles. The van der Waals surface area contributed by atoms with Crippen molar-refractivity contribution in [3.05, 3.63) is 59.7 Å². The van der Waals surface area contributed by atoms with Crippen LogP contribution in [0.15, 0.2) is 48.5 Å². The van der Waals surface area contributed by atoms with E-state index in [0.717, 1.165) is 12.8 Å². The molecule has 6 nitrogen and oxygen atoms in total. The van der Waals surface area contributed by atoms with Gasteiger partial charge in [0.25, 0.3) is 0 Å². The van der Waals surface area contributed by atoms with Crippen molar-refractivity contribution >= 4 is 21.6 Å². The van der Waals surface area contributed by atoms with E-state index >= 15 is 0 Å². The predicted octanol–water partition coefficient (Wildman–Crippen LogP) is 3.69. The molecule has 0 aliphatic heterocycles. The molecule has 0 aliphatic rings. The summed E-state index contributed by atoms with van der Waals surface area (Å²) < 4.78 is 31.1. The molecule has 2 rings (SSSR count). The van der Waals surface area contributed by atoms with Gasteiger partial charge in [-0.25, -0.2) is 8.42 Å². The second-order valence-corrected chi connectivity index (χ2v) is 9.21. The number of anilines is 1. The zero-order valence-electron chi connectivity index (χ0n) is 18.1. The second kappa shape index (κ2) is 11.6. The Hall–Kier alpha value is -2.54. The van der Waals surface area contributed by atoms with E-state index < -0.39 is 10.0 Å². The van der Waals surface area contributed by atoms with Crippen LogP contribution < -0.4 is 14.4 Å². The zero-order chi connectivity index (χ0) is 22.0. The van der Waals surface area contributed by atoms with Crippen molar-refractivity contribution in [1.29, 1.82) is 0 Å². The maximum Gasteiger partial charge on any atom is 0.232 e. The van der Waals surface area contributed by atoms with Crippen LogP contribution in [-0.4, -0.2) is 40.3 Å². The van der Waals surface area contributed by atoms with Crippen molar-refractivity contribution in [1.82, 2.24) is 5.32 Å². The number of amides is 1. The first-order valence-electron chi connectivity index (χ1n) is 10.3. The van der Waals surface area contributed by atoms with E-state index in [1.165, 1.54) is 21.7 Å². The average molecular weight is 433 g/mol. The van der Waals surface area contributed by atoms with Crippen molar-refractivity contribution in [2.45, 2.75) is 39.5 Å². The minimum Gasteiger partial charge on any atom is -0.494 e. The topological polar surface area (TPSA) is 75.7 Å². The third-order valence-electron chi connectivity index (χ3n) is 4.65. The van der Waals surface area contributed by atoms with Gasteiger partial charge in [-0.15, -0.1) is 0 Å². The Balaban J connectivity index is 1.76. The Morgan fingerprint density at radius 1 is 1.10 bits per heavy atom. The molecule has 0 unspecified atom stereocenters. The summed E-state index contributed by atoms with van der Waals surface area (Å²) in [4.78, 5) is 12.1. The number of hydrogen-bond donors (Lipinski definition) is 1. The van der Waals surface area contributed by atoms with Crippen LogP contribution in [0.5, 0.6) is 5.75 Å². The van der Waals surface area contributed by atoms with Gasteiger partial charge in [0.2, 0.25) is 15.9 Å². The van der Waals surface area contributed by atoms with Crippen molar-refractivity contribution in [3.8, 4) is 5.75 Å². The van der Waals surface area contributed by atoms with Gasteiger partial charge in [-0.05, 0) is 62.9 Å². The smallest absolute Gasteiger partial charge is 0.232 e. The van der Waals surface area contributed by atoms with Crippen LogP contribution in [0, 0.1) is 6.92 Å². The van der Waals surface area contributed by atoms with Gasteiger partial charge < -0.3 is 10.1 Å². The number of ether oxygens (including phenoxy) is 1. The SMILES string of the molecule is CCOc1ccc(N(CCCC(=O)NCCCc2cccc(C)c2)S(C)(=O)=O)cc1. The van der Waals surface area contributed by atoms with Gasteiger partial charge in [-0.3, -0.25) is 9.10 Å². The normalized spacial score (nSPS) is 11.2. The standard InChI is InChI=1S/C23H32N2O4S/c1-4-29-22-14-12-21(13-15-22)25(30(3,27)28)17-7-11-23(26)24-16-6-10-20-9-5-8-19(2)18-20/h5,8-9,12-15,18H,4,6-7,10-11,16-17H2,1-3H3,(H,24,26). The summed E-state index contributed by atoms with van der Waals surface area (Å²) in [7, 11) is -3.44. The van der Waals surface area contributed by atoms with E-state index in [4.69, 9.17) is 4.74 Å². The van der Waals surface area contributed by atoms with Crippen molar-refractivity contribution < 1.29 is 17.9 Å². The quantitative estimate of drug-likeness (QED) is 0.519. The highest BCUT2D eigenvalue weighted by atomic mass is 32.2. The molecule has 0 heterocycles. The van der Waals surface area contributed by atoms with Crippen molar-refractivity contribution in [2.24, 2.45) is 0 Å². The molecule has 0 radical (unpaired) electrons. The lowest BCUT2D eigenvalue weighted by molar-refractivity contribution is -0.121. The molecular weight excluding hydrogens is 400 g/mol. The predicted molar refractivity (Wildman–Crippen MR) is 122 cm³/mol. The second-order valence-electron chi connectivity index (χ2n) is 7.31. The molecule has 0 saturated heterocycles. The number of aryl methyl sites for hydroxylation is 2. The number of carbonyl (C=O) groups is 1. The Labute approximate surface area is 180 Å². The molecular formula is C23H32N2O4S. The van der Waals surface area contributed by atoms with Crippen LogP contribution in [0.4, 0.5) is 5.69 Å². The highest BCUT2D eigenvalue weighted by molar-refractivity contribution is 7.92. The number of nitrogens with zero attached hydrogens (tertiary/aromatic N) is 1. The van der Waals surface area contributed by atoms with Crippen LogP contribution in [0.25, 0.3) is 0 Å². The van der Waals surface area contributed by atoms with Gasteiger partial charge >= 0.3 is 0 Å². The number of carbonyl (C=O) groups excluding carboxylic acids is 1. The van der Waals surface area contributed by atoms with Crippen LogP contribution in [-0.2, 0) is 21.2 Å². The maximum absolute atomic E-state index is 12.2. The summed E-state index contributed by atoms with van der Waals surface area (Å²) in [6, 6.07) is 15.3. The zero-order valence-corrected chi connectivity index (χ0v) is 18.9. The Morgan fingerprint density at radius 3 is 2.47 bits per heavy atom. The van der Waals surface area contributed by atoms with E-state index in [1.54, 1.807) is 24.3 Å². The molecule has 1 N–H and O–H groups in total. The Bertz CT molecular complexity index is 911. The van der Waals surface area contributed by atoms with Gasteiger partial charge in [0.05, 0.1) is 18.6 Å². The highest BCUT2D eigenvalue weighted by Crippen LogP contribution is 2.22. The molecule has 0 aliphatic carbocycles. The molecule has 7 heteroatoms. The molecule has 164 valence electrons. The lowest BCUT2D eigenvalue weighted by Gasteiger charge is -2.22. The van der Waals surface area contributed by atoms with Gasteiger partial charge in [0.15, 0.2) is 0 Å². The van der Waals surface area contributed by atoms with Gasteiger partial charge in [-0.2, -0.15) is 0 Å². The summed E-state index contributed by atoms with van der Waals surface area (Å²) in [5.74, 6) is 0.638. The van der Waals surface area contributed by atoms with Crippen LogP contribution in [0.3, 0.4) is 0 Å². The largest absolute Gasteiger partial charge is 0.494 e. The number of nitrogens with one attached hydrogen (secondary N) is 1. The van der Waals surface area contributed by atoms with E-state index in [1.807, 2.05) is 13.0 Å². The molecule has 2 aromatic carbocycles. The number of hydrogen-bond acceptors (Lipinski definition) is 4. The monoisotopic (exact) mass is 432 g/mol. The van der Waals surface area contributed by atoms with E-state index in [2.05, 4.69) is 30.4 Å². The van der Waals surface area contributed by atoms with Crippen LogP contribution >= 0.6 is 0 Å². The van der Waals surface area contributed by atoms with Gasteiger partial charge in [0, 0.05) is 19.5 Å². The minimum atomic E-state index is -3.44. The first kappa shape index (κ1) is 23.7. The fourth-order valence-corrected chi connectivity index (χ4v) is 4.19. The maximum atomic E-state index is 12.2. The summed E-state index contributed by atoms with van der Waals surface area (Å²) in [6.07, 6.45) is 3.70. The minimum absolute atomic E-state index is 0.0561. The van der Waals surface area contributed by atoms with E-state index in [0.29, 0.717) is 31.0 Å². The van der Waals surface area contributed by atoms with Crippen LogP contribution in [0.1, 0.15) is 37.3 Å². The molecule has 0 fully saturated rings. The third-order valence-corrected chi connectivity index (χ3v) is 5.84. The first-order chi connectivity index (χ1) is 14.3. The average Bonchev–Trinajstić information content (AvgIpc) is 2.69. The van der Waals surface area contributed by atoms with Gasteiger partial charge in [-0.1, -0.05) is 29.8 Å². The Morgan fingerprint density at radius 2 is 1.83 bits per heavy atom. The van der Waals surface area contributed by atoms with Crippen molar-refractivity contribution in [3.63, 3.8) is 0 Å². The molecule has 30 heavy (non-hydrogen) atoms. The summed E-state index contributed by atoms with van der Waals surface area (Å²) in [6.45, 7) is 5.38. The van der Waals surface area contributed by atoms with E-state index in [9.17, 15) is 13.2 Å². The fraction of sp³-hybridized carbons (Fsp3) is 0.435. The molecule has 2 aromatic rings. The fourth-order valence-electron chi connectivity index (χ4n) is 3.22. The number of rotatable bonds is 12. The number of sulfonamides is 1. The highest BCUT2D eigenvalue weighted by Gasteiger charge is 2.17. The molecule has 0 aromatic heterocycles. The summed E-state index contributed by atoms with van der Waals surface area (Å²) in [5, 5.41) is 2.92. The lowest BCUT2D eigenvalue weighted by atomic mass is 10.1. The molecule has 1 amide bonds. The molecule has 0 bridgehead atoms. The first-order valence-corrected chi connectivity index (χ1v) is 12.2. The lowest BCUT2D eigenvalue weighted by Crippen LogP contribution is -2.32. The molecule has 0 spiro atoms.